The molecule has 0 radical (unpaired) electrons. The lowest BCUT2D eigenvalue weighted by Crippen LogP contribution is -2.34. The van der Waals surface area contributed by atoms with Crippen molar-refractivity contribution >= 4 is 18.3 Å². The molecule has 1 amide bonds. The van der Waals surface area contributed by atoms with Crippen molar-refractivity contribution in [2.24, 2.45) is 11.3 Å². The highest BCUT2D eigenvalue weighted by atomic mass is 35.5. The SMILES string of the molecule is Cc1cc(CN(C)C(=O)C2CC23CCNCC3)cc(C)c1OCC(F)(F)F.Cl. The Morgan fingerprint density at radius 3 is 2.36 bits per heavy atom. The van der Waals surface area contributed by atoms with Crippen molar-refractivity contribution in [1.29, 1.82) is 0 Å². The first kappa shape index (κ1) is 22.8. The Morgan fingerprint density at radius 2 is 1.82 bits per heavy atom. The second-order valence-electron chi connectivity index (χ2n) is 8.03. The number of alkyl halides is 3. The highest BCUT2D eigenvalue weighted by Crippen LogP contribution is 2.59. The summed E-state index contributed by atoms with van der Waals surface area (Å²) in [5.41, 5.74) is 2.39. The highest BCUT2D eigenvalue weighted by molar-refractivity contribution is 5.85. The van der Waals surface area contributed by atoms with Crippen LogP contribution in [0.2, 0.25) is 0 Å². The summed E-state index contributed by atoms with van der Waals surface area (Å²) in [6, 6.07) is 3.60. The van der Waals surface area contributed by atoms with Gasteiger partial charge in [-0.25, -0.2) is 0 Å². The average molecular weight is 421 g/mol. The molecule has 3 rings (SSSR count). The van der Waals surface area contributed by atoms with Crippen LogP contribution >= 0.6 is 12.4 Å². The smallest absolute Gasteiger partial charge is 0.422 e. The standard InChI is InChI=1S/C20H27F3N2O2.ClH/c1-13-8-15(9-14(2)17(13)27-12-20(21,22)23)11-25(3)18(26)16-10-19(16)4-6-24-7-5-19;/h8-9,16,24H,4-7,10-12H2,1-3H3;1H. The molecule has 2 aliphatic rings. The molecule has 1 aromatic carbocycles. The summed E-state index contributed by atoms with van der Waals surface area (Å²) in [5, 5.41) is 3.34. The summed E-state index contributed by atoms with van der Waals surface area (Å²) in [6.45, 7) is 4.57. The van der Waals surface area contributed by atoms with E-state index < -0.39 is 12.8 Å². The number of hydrogen-bond donors (Lipinski definition) is 1. The molecule has 1 heterocycles. The van der Waals surface area contributed by atoms with E-state index >= 15 is 0 Å². The maximum Gasteiger partial charge on any atom is 0.422 e. The monoisotopic (exact) mass is 420 g/mol. The number of nitrogens with zero attached hydrogens (tertiary/aromatic N) is 1. The molecule has 4 nitrogen and oxygen atoms in total. The van der Waals surface area contributed by atoms with Gasteiger partial charge in [0, 0.05) is 19.5 Å². The van der Waals surface area contributed by atoms with Crippen LogP contribution in [0.4, 0.5) is 13.2 Å². The molecule has 0 bridgehead atoms. The normalized spacial score (nSPS) is 20.4. The fourth-order valence-corrected chi connectivity index (χ4v) is 4.30. The first-order valence-electron chi connectivity index (χ1n) is 9.37. The van der Waals surface area contributed by atoms with E-state index in [2.05, 4.69) is 5.32 Å². The Kier molecular flexibility index (Phi) is 6.92. The zero-order valence-electron chi connectivity index (χ0n) is 16.5. The van der Waals surface area contributed by atoms with Crippen LogP contribution in [-0.4, -0.2) is 43.7 Å². The number of amides is 1. The molecule has 1 saturated carbocycles. The van der Waals surface area contributed by atoms with Gasteiger partial charge in [-0.05, 0) is 68.3 Å². The third kappa shape index (κ3) is 5.11. The van der Waals surface area contributed by atoms with E-state index in [1.807, 2.05) is 0 Å². The molecule has 1 unspecified atom stereocenters. The quantitative estimate of drug-likeness (QED) is 0.782. The average Bonchev–Trinajstić information content (AvgIpc) is 3.25. The van der Waals surface area contributed by atoms with Crippen molar-refractivity contribution in [1.82, 2.24) is 10.2 Å². The van der Waals surface area contributed by atoms with Gasteiger partial charge in [0.15, 0.2) is 6.61 Å². The minimum atomic E-state index is -4.36. The van der Waals surface area contributed by atoms with Crippen LogP contribution in [0.15, 0.2) is 12.1 Å². The van der Waals surface area contributed by atoms with E-state index in [1.54, 1.807) is 37.9 Å². The summed E-state index contributed by atoms with van der Waals surface area (Å²) in [4.78, 5) is 14.5. The van der Waals surface area contributed by atoms with E-state index in [0.29, 0.717) is 17.7 Å². The number of carbonyl (C=O) groups excluding carboxylic acids is 1. The summed E-state index contributed by atoms with van der Waals surface area (Å²) < 4.78 is 42.2. The van der Waals surface area contributed by atoms with Gasteiger partial charge in [0.1, 0.15) is 5.75 Å². The van der Waals surface area contributed by atoms with Gasteiger partial charge in [0.05, 0.1) is 0 Å². The van der Waals surface area contributed by atoms with Crippen LogP contribution in [-0.2, 0) is 11.3 Å². The molecule has 8 heteroatoms. The second-order valence-corrected chi connectivity index (χ2v) is 8.03. The Bertz CT molecular complexity index is 695. The van der Waals surface area contributed by atoms with E-state index in [-0.39, 0.29) is 35.4 Å². The molecular weight excluding hydrogens is 393 g/mol. The van der Waals surface area contributed by atoms with Crippen LogP contribution < -0.4 is 10.1 Å². The number of aryl methyl sites for hydroxylation is 2. The number of rotatable bonds is 5. The van der Waals surface area contributed by atoms with Gasteiger partial charge in [-0.15, -0.1) is 12.4 Å². The largest absolute Gasteiger partial charge is 0.484 e. The summed E-state index contributed by atoms with van der Waals surface area (Å²) in [6.07, 6.45) is -1.28. The minimum Gasteiger partial charge on any atom is -0.484 e. The van der Waals surface area contributed by atoms with Crippen molar-refractivity contribution in [3.63, 3.8) is 0 Å². The molecule has 1 aromatic rings. The van der Waals surface area contributed by atoms with Gasteiger partial charge in [0.2, 0.25) is 5.91 Å². The number of halogens is 4. The molecule has 158 valence electrons. The zero-order valence-corrected chi connectivity index (χ0v) is 17.3. The molecule has 1 atom stereocenters. The Hall–Kier alpha value is -1.47. The summed E-state index contributed by atoms with van der Waals surface area (Å²) in [5.74, 6) is 0.548. The predicted octanol–water partition coefficient (Wildman–Crippen LogP) is 4.01. The van der Waals surface area contributed by atoms with Gasteiger partial charge in [-0.3, -0.25) is 4.79 Å². The Labute approximate surface area is 170 Å². The molecule has 28 heavy (non-hydrogen) atoms. The lowest BCUT2D eigenvalue weighted by atomic mass is 9.91. The third-order valence-corrected chi connectivity index (χ3v) is 5.78. The number of ether oxygens (including phenoxy) is 1. The first-order valence-corrected chi connectivity index (χ1v) is 9.37. The topological polar surface area (TPSA) is 41.6 Å². The lowest BCUT2D eigenvalue weighted by Gasteiger charge is -2.25. The van der Waals surface area contributed by atoms with Crippen molar-refractivity contribution < 1.29 is 22.7 Å². The summed E-state index contributed by atoms with van der Waals surface area (Å²) >= 11 is 0. The molecular formula is C20H28ClF3N2O2. The first-order chi connectivity index (χ1) is 12.6. The number of nitrogens with one attached hydrogen (secondary N) is 1. The van der Waals surface area contributed by atoms with Crippen LogP contribution in [0.25, 0.3) is 0 Å². The molecule has 1 spiro atoms. The number of hydrogen-bond acceptors (Lipinski definition) is 3. The van der Waals surface area contributed by atoms with Gasteiger partial charge >= 0.3 is 6.18 Å². The summed E-state index contributed by atoms with van der Waals surface area (Å²) in [7, 11) is 1.80. The van der Waals surface area contributed by atoms with Crippen LogP contribution in [0.3, 0.4) is 0 Å². The second kappa shape index (κ2) is 8.49. The van der Waals surface area contributed by atoms with Crippen molar-refractivity contribution in [2.45, 2.75) is 45.8 Å². The van der Waals surface area contributed by atoms with Gasteiger partial charge in [-0.1, -0.05) is 12.1 Å². The Morgan fingerprint density at radius 1 is 1.25 bits per heavy atom. The lowest BCUT2D eigenvalue weighted by molar-refractivity contribution is -0.153. The highest BCUT2D eigenvalue weighted by Gasteiger charge is 2.58. The van der Waals surface area contributed by atoms with Crippen molar-refractivity contribution in [2.75, 3.05) is 26.7 Å². The van der Waals surface area contributed by atoms with E-state index in [9.17, 15) is 18.0 Å². The van der Waals surface area contributed by atoms with Crippen molar-refractivity contribution in [3.8, 4) is 5.75 Å². The maximum atomic E-state index is 12.8. The number of piperidine rings is 1. The molecule has 2 fully saturated rings. The van der Waals surface area contributed by atoms with E-state index in [4.69, 9.17) is 4.74 Å². The van der Waals surface area contributed by atoms with Gasteiger partial charge in [-0.2, -0.15) is 13.2 Å². The maximum absolute atomic E-state index is 12.8. The van der Waals surface area contributed by atoms with E-state index in [1.165, 1.54) is 0 Å². The van der Waals surface area contributed by atoms with E-state index in [0.717, 1.165) is 37.9 Å². The molecule has 1 N–H and O–H groups in total. The third-order valence-electron chi connectivity index (χ3n) is 5.78. The van der Waals surface area contributed by atoms with Crippen molar-refractivity contribution in [3.05, 3.63) is 28.8 Å². The number of benzene rings is 1. The van der Waals surface area contributed by atoms with Gasteiger partial charge in [0.25, 0.3) is 0 Å². The van der Waals surface area contributed by atoms with Crippen LogP contribution in [0.5, 0.6) is 5.75 Å². The van der Waals surface area contributed by atoms with Crippen LogP contribution in [0, 0.1) is 25.2 Å². The zero-order chi connectivity index (χ0) is 19.8. The molecule has 1 saturated heterocycles. The molecule has 1 aliphatic carbocycles. The number of carbonyl (C=O) groups is 1. The Balaban J connectivity index is 0.00000280. The predicted molar refractivity (Wildman–Crippen MR) is 104 cm³/mol. The van der Waals surface area contributed by atoms with Gasteiger partial charge < -0.3 is 15.0 Å². The minimum absolute atomic E-state index is 0. The van der Waals surface area contributed by atoms with Crippen LogP contribution in [0.1, 0.15) is 36.0 Å². The fraction of sp³-hybridized carbons (Fsp3) is 0.650. The fourth-order valence-electron chi connectivity index (χ4n) is 4.30. The molecule has 1 aliphatic heterocycles. The molecule has 0 aromatic heterocycles.